The molecule has 1 saturated carbocycles. The van der Waals surface area contributed by atoms with Crippen molar-refractivity contribution in [1.82, 2.24) is 19.6 Å². The summed E-state index contributed by atoms with van der Waals surface area (Å²) in [6.07, 6.45) is 8.51. The number of nitrogens with zero attached hydrogens (tertiary/aromatic N) is 2. The maximum absolute atomic E-state index is 13.2. The van der Waals surface area contributed by atoms with Gasteiger partial charge in [0.2, 0.25) is 0 Å². The fourth-order valence-electron chi connectivity index (χ4n) is 6.27. The number of amides is 2. The van der Waals surface area contributed by atoms with E-state index in [1.165, 1.54) is 18.6 Å². The van der Waals surface area contributed by atoms with Crippen molar-refractivity contribution in [1.29, 1.82) is 0 Å². The van der Waals surface area contributed by atoms with Gasteiger partial charge >= 0.3 is 0 Å². The van der Waals surface area contributed by atoms with E-state index in [0.717, 1.165) is 72.9 Å². The van der Waals surface area contributed by atoms with Gasteiger partial charge in [0.05, 0.1) is 15.9 Å². The van der Waals surface area contributed by atoms with E-state index in [9.17, 15) is 18.0 Å². The van der Waals surface area contributed by atoms with Crippen LogP contribution in [0.4, 0.5) is 0 Å². The Hall–Kier alpha value is -4.76. The predicted octanol–water partition coefficient (Wildman–Crippen LogP) is 7.28. The molecule has 47 heavy (non-hydrogen) atoms. The molecule has 1 aliphatic carbocycles. The fourth-order valence-corrected chi connectivity index (χ4v) is 7.26. The van der Waals surface area contributed by atoms with Crippen LogP contribution in [-0.2, 0) is 23.0 Å². The summed E-state index contributed by atoms with van der Waals surface area (Å²) in [5.41, 5.74) is 5.17. The van der Waals surface area contributed by atoms with Gasteiger partial charge in [-0.15, -0.1) is 0 Å². The first kappa shape index (κ1) is 32.2. The summed E-state index contributed by atoms with van der Waals surface area (Å²) in [4.78, 5) is 31.4. The number of imidazole rings is 1. The lowest BCUT2D eigenvalue weighted by atomic mass is 9.95. The molecule has 0 radical (unpaired) electrons. The molecule has 1 fully saturated rings. The third-order valence-electron chi connectivity index (χ3n) is 8.84. The largest absolute Gasteiger partial charge is 0.349 e. The summed E-state index contributed by atoms with van der Waals surface area (Å²) in [7, 11) is -4.02. The lowest BCUT2D eigenvalue weighted by Gasteiger charge is -2.22. The van der Waals surface area contributed by atoms with E-state index in [0.29, 0.717) is 17.7 Å². The zero-order chi connectivity index (χ0) is 32.8. The van der Waals surface area contributed by atoms with Crippen LogP contribution in [-0.4, -0.2) is 35.8 Å². The lowest BCUT2D eigenvalue weighted by molar-refractivity contribution is 0.0926. The molecule has 9 heteroatoms. The number of sulfonamides is 1. The molecule has 0 unspecified atom stereocenters. The van der Waals surface area contributed by atoms with Gasteiger partial charge in [0.25, 0.3) is 21.8 Å². The van der Waals surface area contributed by atoms with Crippen molar-refractivity contribution in [2.75, 3.05) is 0 Å². The van der Waals surface area contributed by atoms with Crippen molar-refractivity contribution < 1.29 is 18.0 Å². The summed E-state index contributed by atoms with van der Waals surface area (Å²) < 4.78 is 30.1. The van der Waals surface area contributed by atoms with E-state index in [4.69, 9.17) is 4.98 Å². The summed E-state index contributed by atoms with van der Waals surface area (Å²) in [6.45, 7) is 2.73. The zero-order valence-electron chi connectivity index (χ0n) is 26.6. The minimum absolute atomic E-state index is 0.0255. The van der Waals surface area contributed by atoms with Crippen molar-refractivity contribution in [2.24, 2.45) is 0 Å². The molecule has 2 N–H and O–H groups in total. The summed E-state index contributed by atoms with van der Waals surface area (Å²) in [6, 6.07) is 28.7. The summed E-state index contributed by atoms with van der Waals surface area (Å²) in [5.74, 6) is 0.255. The van der Waals surface area contributed by atoms with Gasteiger partial charge in [0, 0.05) is 30.1 Å². The Morgan fingerprint density at radius 2 is 1.57 bits per heavy atom. The summed E-state index contributed by atoms with van der Waals surface area (Å²) in [5, 5.41) is 3.23. The third-order valence-corrected chi connectivity index (χ3v) is 10.2. The standard InChI is InChI=1S/C38H40N4O4S/c1-2-3-18-36-40-34-24-23-29(37(43)39-30-12-6-4-7-13-30)25-35(34)42(36)26-27-19-21-28(22-20-27)32-16-10-11-17-33(32)38(44)41-47(45,46)31-14-8-5-9-15-31/h5,8-11,14-17,19-25,30H,2-4,6-7,12-13,18,26H2,1H3,(H,39,43)(H,41,44). The normalized spacial score (nSPS) is 13.8. The molecule has 0 spiro atoms. The van der Waals surface area contributed by atoms with Gasteiger partial charge in [-0.05, 0) is 72.4 Å². The number of carbonyl (C=O) groups excluding carboxylic acids is 2. The van der Waals surface area contributed by atoms with E-state index < -0.39 is 15.9 Å². The molecular formula is C38H40N4O4S. The van der Waals surface area contributed by atoms with Gasteiger partial charge in [0.15, 0.2) is 0 Å². The number of aryl methyl sites for hydroxylation is 1. The quantitative estimate of drug-likeness (QED) is 0.157. The maximum Gasteiger partial charge on any atom is 0.265 e. The van der Waals surface area contributed by atoms with Crippen molar-refractivity contribution in [3.05, 3.63) is 120 Å². The van der Waals surface area contributed by atoms with Crippen molar-refractivity contribution in [3.8, 4) is 11.1 Å². The molecule has 0 aliphatic heterocycles. The number of hydrogen-bond donors (Lipinski definition) is 2. The van der Waals surface area contributed by atoms with Crippen LogP contribution < -0.4 is 10.0 Å². The van der Waals surface area contributed by atoms with Crippen LogP contribution in [0.1, 0.15) is 84.0 Å². The molecular weight excluding hydrogens is 609 g/mol. The van der Waals surface area contributed by atoms with Gasteiger partial charge in [-0.3, -0.25) is 9.59 Å². The van der Waals surface area contributed by atoms with Crippen LogP contribution in [0, 0.1) is 0 Å². The monoisotopic (exact) mass is 648 g/mol. The number of aromatic nitrogens is 2. The lowest BCUT2D eigenvalue weighted by Crippen LogP contribution is -2.36. The molecule has 0 saturated heterocycles. The first-order valence-corrected chi connectivity index (χ1v) is 17.9. The van der Waals surface area contributed by atoms with E-state index in [2.05, 4.69) is 21.5 Å². The molecule has 6 rings (SSSR count). The van der Waals surface area contributed by atoms with Crippen LogP contribution in [0.25, 0.3) is 22.2 Å². The molecule has 2 amide bonds. The van der Waals surface area contributed by atoms with Crippen LogP contribution in [0.15, 0.2) is 102 Å². The average Bonchev–Trinajstić information content (AvgIpc) is 3.44. The van der Waals surface area contributed by atoms with Crippen LogP contribution >= 0.6 is 0 Å². The van der Waals surface area contributed by atoms with Crippen molar-refractivity contribution >= 4 is 32.9 Å². The second kappa shape index (κ2) is 14.3. The molecule has 1 aromatic heterocycles. The first-order chi connectivity index (χ1) is 22.8. The zero-order valence-corrected chi connectivity index (χ0v) is 27.4. The minimum Gasteiger partial charge on any atom is -0.349 e. The summed E-state index contributed by atoms with van der Waals surface area (Å²) >= 11 is 0. The number of fused-ring (bicyclic) bond motifs is 1. The number of benzene rings is 4. The first-order valence-electron chi connectivity index (χ1n) is 16.4. The van der Waals surface area contributed by atoms with Gasteiger partial charge in [-0.25, -0.2) is 18.1 Å². The van der Waals surface area contributed by atoms with Gasteiger partial charge in [-0.2, -0.15) is 0 Å². The third kappa shape index (κ3) is 7.46. The molecule has 1 aliphatic rings. The number of hydrogen-bond acceptors (Lipinski definition) is 5. The highest BCUT2D eigenvalue weighted by atomic mass is 32.2. The van der Waals surface area contributed by atoms with E-state index >= 15 is 0 Å². The average molecular weight is 649 g/mol. The van der Waals surface area contributed by atoms with Crippen LogP contribution in [0.5, 0.6) is 0 Å². The highest BCUT2D eigenvalue weighted by molar-refractivity contribution is 7.90. The molecule has 1 heterocycles. The van der Waals surface area contributed by atoms with E-state index in [-0.39, 0.29) is 22.4 Å². The van der Waals surface area contributed by atoms with Crippen molar-refractivity contribution in [3.63, 3.8) is 0 Å². The number of unbranched alkanes of at least 4 members (excludes halogenated alkanes) is 1. The Balaban J connectivity index is 1.25. The number of nitrogens with one attached hydrogen (secondary N) is 2. The second-order valence-corrected chi connectivity index (χ2v) is 13.9. The second-order valence-electron chi connectivity index (χ2n) is 12.2. The molecule has 4 aromatic carbocycles. The Labute approximate surface area is 276 Å². The van der Waals surface area contributed by atoms with E-state index in [1.807, 2.05) is 54.6 Å². The Morgan fingerprint density at radius 1 is 0.851 bits per heavy atom. The van der Waals surface area contributed by atoms with Crippen LogP contribution in [0.2, 0.25) is 0 Å². The molecule has 0 atom stereocenters. The molecule has 242 valence electrons. The SMILES string of the molecule is CCCCc1nc2ccc(C(=O)NC3CCCCC3)cc2n1Cc1ccc(-c2ccccc2C(=O)NS(=O)(=O)c2ccccc2)cc1. The smallest absolute Gasteiger partial charge is 0.265 e. The Bertz CT molecular complexity index is 1980. The van der Waals surface area contributed by atoms with Gasteiger partial charge in [-0.1, -0.05) is 93.3 Å². The minimum atomic E-state index is -4.02. The Morgan fingerprint density at radius 3 is 2.32 bits per heavy atom. The van der Waals surface area contributed by atoms with E-state index in [1.54, 1.807) is 30.3 Å². The molecule has 8 nitrogen and oxygen atoms in total. The van der Waals surface area contributed by atoms with Gasteiger partial charge < -0.3 is 9.88 Å². The fraction of sp³-hybridized carbons (Fsp3) is 0.289. The number of carbonyl (C=O) groups is 2. The molecule has 5 aromatic rings. The highest BCUT2D eigenvalue weighted by Gasteiger charge is 2.22. The van der Waals surface area contributed by atoms with Crippen LogP contribution in [0.3, 0.4) is 0 Å². The predicted molar refractivity (Wildman–Crippen MR) is 185 cm³/mol. The van der Waals surface area contributed by atoms with Crippen molar-refractivity contribution in [2.45, 2.75) is 75.8 Å². The maximum atomic E-state index is 13.2. The Kier molecular flexibility index (Phi) is 9.82. The highest BCUT2D eigenvalue weighted by Crippen LogP contribution is 2.27. The topological polar surface area (TPSA) is 110 Å². The molecule has 0 bridgehead atoms. The van der Waals surface area contributed by atoms with Gasteiger partial charge in [0.1, 0.15) is 5.82 Å². The number of rotatable bonds is 11.